The van der Waals surface area contributed by atoms with Crippen molar-refractivity contribution in [2.45, 2.75) is 25.4 Å². The Kier molecular flexibility index (Phi) is 4.01. The van der Waals surface area contributed by atoms with Crippen molar-refractivity contribution >= 4 is 0 Å². The number of hydrogen-bond donors (Lipinski definition) is 1. The number of rotatable bonds is 4. The molecule has 1 aromatic rings. The molecule has 2 unspecified atom stereocenters. The van der Waals surface area contributed by atoms with Crippen LogP contribution in [0.1, 0.15) is 24.8 Å². The van der Waals surface area contributed by atoms with E-state index in [0.717, 1.165) is 5.56 Å². The molecule has 3 heteroatoms. The third-order valence-electron chi connectivity index (χ3n) is 2.33. The first-order chi connectivity index (χ1) is 6.65. The molecule has 0 bridgehead atoms. The van der Waals surface area contributed by atoms with Gasteiger partial charge >= 0.3 is 0 Å². The van der Waals surface area contributed by atoms with Crippen molar-refractivity contribution < 1.29 is 8.78 Å². The zero-order valence-corrected chi connectivity index (χ0v) is 8.21. The van der Waals surface area contributed by atoms with Crippen LogP contribution in [0.5, 0.6) is 0 Å². The van der Waals surface area contributed by atoms with E-state index >= 15 is 0 Å². The molecule has 2 atom stereocenters. The van der Waals surface area contributed by atoms with Crippen molar-refractivity contribution in [3.05, 3.63) is 35.6 Å². The molecule has 14 heavy (non-hydrogen) atoms. The summed E-state index contributed by atoms with van der Waals surface area (Å²) in [4.78, 5) is 0. The van der Waals surface area contributed by atoms with Gasteiger partial charge in [0.1, 0.15) is 12.0 Å². The number of alkyl halides is 1. The molecular weight excluding hydrogens is 184 g/mol. The molecule has 2 N–H and O–H groups in total. The molecule has 0 spiro atoms. The lowest BCUT2D eigenvalue weighted by molar-refractivity contribution is 0.296. The maximum absolute atomic E-state index is 13.2. The van der Waals surface area contributed by atoms with E-state index in [2.05, 4.69) is 0 Å². The molecule has 0 fully saturated rings. The standard InChI is InChI=1S/C11H15F2N/c1-8(12)11(6-7-14)9-2-4-10(13)5-3-9/h2-5,8,11H,6-7,14H2,1H3. The first kappa shape index (κ1) is 11.1. The third kappa shape index (κ3) is 2.77. The monoisotopic (exact) mass is 199 g/mol. The van der Waals surface area contributed by atoms with Crippen LogP contribution in [0.2, 0.25) is 0 Å². The largest absolute Gasteiger partial charge is 0.330 e. The number of halogens is 2. The molecule has 0 radical (unpaired) electrons. The average Bonchev–Trinajstić information content (AvgIpc) is 2.15. The Morgan fingerprint density at radius 1 is 1.29 bits per heavy atom. The Labute approximate surface area is 82.9 Å². The molecule has 1 rings (SSSR count). The van der Waals surface area contributed by atoms with E-state index in [1.165, 1.54) is 19.1 Å². The van der Waals surface area contributed by atoms with Gasteiger partial charge in [0.25, 0.3) is 0 Å². The molecule has 0 aliphatic rings. The van der Waals surface area contributed by atoms with Crippen molar-refractivity contribution in [2.24, 2.45) is 5.73 Å². The summed E-state index contributed by atoms with van der Waals surface area (Å²) in [5, 5.41) is 0. The van der Waals surface area contributed by atoms with E-state index in [4.69, 9.17) is 5.73 Å². The van der Waals surface area contributed by atoms with Crippen LogP contribution in [-0.2, 0) is 0 Å². The fraction of sp³-hybridized carbons (Fsp3) is 0.455. The number of nitrogens with two attached hydrogens (primary N) is 1. The van der Waals surface area contributed by atoms with Gasteiger partial charge in [-0.1, -0.05) is 12.1 Å². The van der Waals surface area contributed by atoms with E-state index in [0.29, 0.717) is 13.0 Å². The highest BCUT2D eigenvalue weighted by atomic mass is 19.1. The highest BCUT2D eigenvalue weighted by molar-refractivity contribution is 5.21. The van der Waals surface area contributed by atoms with Crippen molar-refractivity contribution in [1.82, 2.24) is 0 Å². The quantitative estimate of drug-likeness (QED) is 0.792. The van der Waals surface area contributed by atoms with Crippen molar-refractivity contribution in [3.8, 4) is 0 Å². The van der Waals surface area contributed by atoms with Crippen LogP contribution in [0.3, 0.4) is 0 Å². The summed E-state index contributed by atoms with van der Waals surface area (Å²) in [6.07, 6.45) is -0.368. The second kappa shape index (κ2) is 5.05. The highest BCUT2D eigenvalue weighted by Gasteiger charge is 2.17. The van der Waals surface area contributed by atoms with Crippen LogP contribution >= 0.6 is 0 Å². The minimum absolute atomic E-state index is 0.222. The topological polar surface area (TPSA) is 26.0 Å². The Hall–Kier alpha value is -0.960. The minimum Gasteiger partial charge on any atom is -0.330 e. The van der Waals surface area contributed by atoms with Crippen molar-refractivity contribution in [1.29, 1.82) is 0 Å². The molecule has 0 heterocycles. The van der Waals surface area contributed by atoms with Crippen molar-refractivity contribution in [2.75, 3.05) is 6.54 Å². The Morgan fingerprint density at radius 2 is 1.86 bits per heavy atom. The Morgan fingerprint density at radius 3 is 2.29 bits per heavy atom. The van der Waals surface area contributed by atoms with Crippen molar-refractivity contribution in [3.63, 3.8) is 0 Å². The van der Waals surface area contributed by atoms with Gasteiger partial charge < -0.3 is 5.73 Å². The van der Waals surface area contributed by atoms with Gasteiger partial charge in [-0.3, -0.25) is 0 Å². The molecule has 1 aromatic carbocycles. The first-order valence-corrected chi connectivity index (χ1v) is 4.74. The predicted molar refractivity (Wildman–Crippen MR) is 53.4 cm³/mol. The molecule has 0 saturated heterocycles. The smallest absolute Gasteiger partial charge is 0.123 e. The van der Waals surface area contributed by atoms with Crippen LogP contribution < -0.4 is 5.73 Å². The summed E-state index contributed by atoms with van der Waals surface area (Å²) in [5.74, 6) is -0.521. The van der Waals surface area contributed by atoms with Gasteiger partial charge in [0.15, 0.2) is 0 Å². The van der Waals surface area contributed by atoms with Gasteiger partial charge in [0.2, 0.25) is 0 Å². The molecular formula is C11H15F2N. The van der Waals surface area contributed by atoms with E-state index in [1.54, 1.807) is 12.1 Å². The van der Waals surface area contributed by atoms with Gasteiger partial charge in [0, 0.05) is 5.92 Å². The second-order valence-corrected chi connectivity index (χ2v) is 3.41. The predicted octanol–water partition coefficient (Wildman–Crippen LogP) is 2.62. The van der Waals surface area contributed by atoms with E-state index in [9.17, 15) is 8.78 Å². The van der Waals surface area contributed by atoms with Gasteiger partial charge in [-0.25, -0.2) is 8.78 Å². The lowest BCUT2D eigenvalue weighted by atomic mass is 9.92. The zero-order valence-electron chi connectivity index (χ0n) is 8.21. The average molecular weight is 199 g/mol. The van der Waals surface area contributed by atoms with E-state index in [1.807, 2.05) is 0 Å². The second-order valence-electron chi connectivity index (χ2n) is 3.41. The third-order valence-corrected chi connectivity index (χ3v) is 2.33. The van der Waals surface area contributed by atoms with Crippen LogP contribution in [0.4, 0.5) is 8.78 Å². The summed E-state index contributed by atoms with van der Waals surface area (Å²) in [5.41, 5.74) is 6.21. The fourth-order valence-corrected chi connectivity index (χ4v) is 1.55. The van der Waals surface area contributed by atoms with Gasteiger partial charge in [0.05, 0.1) is 0 Å². The van der Waals surface area contributed by atoms with E-state index in [-0.39, 0.29) is 11.7 Å². The maximum atomic E-state index is 13.2. The van der Waals surface area contributed by atoms with Gasteiger partial charge in [-0.2, -0.15) is 0 Å². The molecule has 0 saturated carbocycles. The van der Waals surface area contributed by atoms with Crippen LogP contribution in [0.25, 0.3) is 0 Å². The van der Waals surface area contributed by atoms with E-state index < -0.39 is 6.17 Å². The summed E-state index contributed by atoms with van der Waals surface area (Å²) in [6.45, 7) is 1.94. The Balaban J connectivity index is 2.82. The van der Waals surface area contributed by atoms with Crippen LogP contribution in [0, 0.1) is 5.82 Å². The summed E-state index contributed by atoms with van der Waals surface area (Å²) in [6, 6.07) is 5.93. The number of hydrogen-bond acceptors (Lipinski definition) is 1. The van der Waals surface area contributed by atoms with Gasteiger partial charge in [-0.05, 0) is 37.6 Å². The highest BCUT2D eigenvalue weighted by Crippen LogP contribution is 2.25. The molecule has 78 valence electrons. The normalized spacial score (nSPS) is 15.1. The summed E-state index contributed by atoms with van der Waals surface area (Å²) < 4.78 is 25.8. The molecule has 1 nitrogen and oxygen atoms in total. The van der Waals surface area contributed by atoms with Crippen LogP contribution in [0.15, 0.2) is 24.3 Å². The molecule has 0 aliphatic heterocycles. The Bertz CT molecular complexity index is 269. The fourth-order valence-electron chi connectivity index (χ4n) is 1.55. The number of benzene rings is 1. The zero-order chi connectivity index (χ0) is 10.6. The van der Waals surface area contributed by atoms with Crippen LogP contribution in [-0.4, -0.2) is 12.7 Å². The first-order valence-electron chi connectivity index (χ1n) is 4.74. The molecule has 0 aromatic heterocycles. The SMILES string of the molecule is CC(F)C(CCN)c1ccc(F)cc1. The maximum Gasteiger partial charge on any atom is 0.123 e. The lowest BCUT2D eigenvalue weighted by Crippen LogP contribution is -2.15. The molecule has 0 aliphatic carbocycles. The minimum atomic E-state index is -0.955. The molecule has 0 amide bonds. The summed E-state index contributed by atoms with van der Waals surface area (Å²) >= 11 is 0. The summed E-state index contributed by atoms with van der Waals surface area (Å²) in [7, 11) is 0. The van der Waals surface area contributed by atoms with Gasteiger partial charge in [-0.15, -0.1) is 0 Å². The lowest BCUT2D eigenvalue weighted by Gasteiger charge is -2.17.